The van der Waals surface area contributed by atoms with Crippen LogP contribution in [0.1, 0.15) is 55.5 Å². The quantitative estimate of drug-likeness (QED) is 0.813. The molecule has 2 N–H and O–H groups in total. The third kappa shape index (κ3) is 1.92. The van der Waals surface area contributed by atoms with Crippen LogP contribution in [0.15, 0.2) is 0 Å². The highest BCUT2D eigenvalue weighted by Crippen LogP contribution is 2.36. The van der Waals surface area contributed by atoms with Gasteiger partial charge in [0, 0.05) is 10.8 Å². The van der Waals surface area contributed by atoms with Crippen molar-refractivity contribution >= 4 is 16.5 Å². The number of nitrogen functional groups attached to an aromatic ring is 1. The Morgan fingerprint density at radius 3 is 2.71 bits per heavy atom. The van der Waals surface area contributed by atoms with Gasteiger partial charge in [0.05, 0.1) is 5.69 Å². The number of hydrogen-bond donors (Lipinski definition) is 1. The summed E-state index contributed by atoms with van der Waals surface area (Å²) < 4.78 is 0. The molecule has 0 aliphatic heterocycles. The number of nitrogens with two attached hydrogens (primary N) is 1. The Morgan fingerprint density at radius 1 is 1.36 bits per heavy atom. The van der Waals surface area contributed by atoms with Gasteiger partial charge < -0.3 is 5.73 Å². The Bertz CT molecular complexity index is 300. The molecule has 1 aliphatic carbocycles. The van der Waals surface area contributed by atoms with E-state index in [0.29, 0.717) is 5.92 Å². The zero-order valence-electron chi connectivity index (χ0n) is 8.75. The second-order valence-electron chi connectivity index (χ2n) is 4.05. The summed E-state index contributed by atoms with van der Waals surface area (Å²) in [5.41, 5.74) is 7.08. The summed E-state index contributed by atoms with van der Waals surface area (Å²) in [5, 5.41) is 0.752. The first-order chi connectivity index (χ1) is 6.81. The normalized spacial score (nSPS) is 18.6. The van der Waals surface area contributed by atoms with Gasteiger partial charge in [0.1, 0.15) is 0 Å². The zero-order valence-corrected chi connectivity index (χ0v) is 9.57. The second-order valence-corrected chi connectivity index (χ2v) is 5.16. The maximum absolute atomic E-state index is 5.77. The summed E-state index contributed by atoms with van der Waals surface area (Å²) in [6.45, 7) is 2.19. The fourth-order valence-corrected chi connectivity index (χ4v) is 3.19. The summed E-state index contributed by atoms with van der Waals surface area (Å²) in [4.78, 5) is 5.91. The standard InChI is InChI=1S/C11H18N2S/c1-2-9-10(13-11(12)14-9)8-6-4-3-5-7-8/h8H,2-7H2,1H3,(H2,12,13). The van der Waals surface area contributed by atoms with Gasteiger partial charge >= 0.3 is 0 Å². The molecule has 0 saturated heterocycles. The number of rotatable bonds is 2. The highest BCUT2D eigenvalue weighted by molar-refractivity contribution is 7.15. The molecule has 1 saturated carbocycles. The number of aryl methyl sites for hydroxylation is 1. The van der Waals surface area contributed by atoms with E-state index < -0.39 is 0 Å². The molecule has 14 heavy (non-hydrogen) atoms. The molecule has 0 bridgehead atoms. The maximum atomic E-state index is 5.77. The van der Waals surface area contributed by atoms with Crippen molar-refractivity contribution in [3.63, 3.8) is 0 Å². The highest BCUT2D eigenvalue weighted by Gasteiger charge is 2.21. The van der Waals surface area contributed by atoms with Crippen molar-refractivity contribution in [1.29, 1.82) is 0 Å². The largest absolute Gasteiger partial charge is 0.375 e. The van der Waals surface area contributed by atoms with Crippen LogP contribution in [0.4, 0.5) is 5.13 Å². The van der Waals surface area contributed by atoms with Crippen LogP contribution in [0.5, 0.6) is 0 Å². The minimum Gasteiger partial charge on any atom is -0.375 e. The van der Waals surface area contributed by atoms with Crippen LogP contribution in [-0.2, 0) is 6.42 Å². The number of hydrogen-bond acceptors (Lipinski definition) is 3. The molecule has 1 aliphatic rings. The van der Waals surface area contributed by atoms with Crippen molar-refractivity contribution in [2.45, 2.75) is 51.4 Å². The van der Waals surface area contributed by atoms with Gasteiger partial charge in [0.15, 0.2) is 5.13 Å². The lowest BCUT2D eigenvalue weighted by Crippen LogP contribution is -2.06. The van der Waals surface area contributed by atoms with Gasteiger partial charge in [-0.15, -0.1) is 11.3 Å². The second kappa shape index (κ2) is 4.30. The van der Waals surface area contributed by atoms with Crippen molar-refractivity contribution in [2.75, 3.05) is 5.73 Å². The summed E-state index contributed by atoms with van der Waals surface area (Å²) in [5.74, 6) is 0.701. The first-order valence-corrected chi connectivity index (χ1v) is 6.38. The Morgan fingerprint density at radius 2 is 2.07 bits per heavy atom. The van der Waals surface area contributed by atoms with Gasteiger partial charge in [-0.3, -0.25) is 0 Å². The van der Waals surface area contributed by atoms with Gasteiger partial charge in [-0.05, 0) is 19.3 Å². The Labute approximate surface area is 89.5 Å². The minimum atomic E-state index is 0.701. The van der Waals surface area contributed by atoms with E-state index in [1.165, 1.54) is 42.7 Å². The van der Waals surface area contributed by atoms with Gasteiger partial charge in [-0.2, -0.15) is 0 Å². The molecule has 2 rings (SSSR count). The summed E-state index contributed by atoms with van der Waals surface area (Å²) in [7, 11) is 0. The number of anilines is 1. The first kappa shape index (κ1) is 9.97. The predicted octanol–water partition coefficient (Wildman–Crippen LogP) is 3.34. The van der Waals surface area contributed by atoms with E-state index in [1.807, 2.05) is 0 Å². The van der Waals surface area contributed by atoms with Crippen LogP contribution in [0.25, 0.3) is 0 Å². The third-order valence-electron chi connectivity index (χ3n) is 3.06. The van der Waals surface area contributed by atoms with Crippen LogP contribution in [-0.4, -0.2) is 4.98 Å². The van der Waals surface area contributed by atoms with Crippen molar-refractivity contribution in [3.8, 4) is 0 Å². The number of aromatic nitrogens is 1. The van der Waals surface area contributed by atoms with Crippen molar-refractivity contribution in [1.82, 2.24) is 4.98 Å². The topological polar surface area (TPSA) is 38.9 Å². The molecule has 0 aromatic carbocycles. The van der Waals surface area contributed by atoms with E-state index in [2.05, 4.69) is 11.9 Å². The fraction of sp³-hybridized carbons (Fsp3) is 0.727. The van der Waals surface area contributed by atoms with E-state index in [0.717, 1.165) is 11.6 Å². The van der Waals surface area contributed by atoms with E-state index in [1.54, 1.807) is 11.3 Å². The van der Waals surface area contributed by atoms with Crippen molar-refractivity contribution in [2.24, 2.45) is 0 Å². The Hall–Kier alpha value is -0.570. The molecule has 0 unspecified atom stereocenters. The van der Waals surface area contributed by atoms with Crippen LogP contribution in [0, 0.1) is 0 Å². The molecule has 0 atom stereocenters. The smallest absolute Gasteiger partial charge is 0.180 e. The van der Waals surface area contributed by atoms with E-state index >= 15 is 0 Å². The van der Waals surface area contributed by atoms with Crippen LogP contribution < -0.4 is 5.73 Å². The lowest BCUT2D eigenvalue weighted by molar-refractivity contribution is 0.436. The average Bonchev–Trinajstić information content (AvgIpc) is 2.61. The third-order valence-corrected chi connectivity index (χ3v) is 4.10. The van der Waals surface area contributed by atoms with Gasteiger partial charge in [-0.1, -0.05) is 26.2 Å². The fourth-order valence-electron chi connectivity index (χ4n) is 2.33. The number of nitrogens with zero attached hydrogens (tertiary/aromatic N) is 1. The van der Waals surface area contributed by atoms with Gasteiger partial charge in [0.25, 0.3) is 0 Å². The molecule has 78 valence electrons. The molecule has 1 aromatic heterocycles. The Kier molecular flexibility index (Phi) is 3.06. The lowest BCUT2D eigenvalue weighted by Gasteiger charge is -2.20. The SMILES string of the molecule is CCc1sc(N)nc1C1CCCCC1. The first-order valence-electron chi connectivity index (χ1n) is 5.56. The van der Waals surface area contributed by atoms with E-state index in [-0.39, 0.29) is 0 Å². The van der Waals surface area contributed by atoms with Gasteiger partial charge in [-0.25, -0.2) is 4.98 Å². The molecule has 1 fully saturated rings. The highest BCUT2D eigenvalue weighted by atomic mass is 32.1. The summed E-state index contributed by atoms with van der Waals surface area (Å²) in [6.07, 6.45) is 7.85. The molecule has 0 spiro atoms. The molecule has 3 heteroatoms. The summed E-state index contributed by atoms with van der Waals surface area (Å²) >= 11 is 1.67. The molecular weight excluding hydrogens is 192 g/mol. The molecular formula is C11H18N2S. The molecule has 0 amide bonds. The molecule has 2 nitrogen and oxygen atoms in total. The maximum Gasteiger partial charge on any atom is 0.180 e. The lowest BCUT2D eigenvalue weighted by atomic mass is 9.86. The minimum absolute atomic E-state index is 0.701. The summed E-state index contributed by atoms with van der Waals surface area (Å²) in [6, 6.07) is 0. The van der Waals surface area contributed by atoms with Gasteiger partial charge in [0.2, 0.25) is 0 Å². The molecule has 1 heterocycles. The van der Waals surface area contributed by atoms with Crippen LogP contribution >= 0.6 is 11.3 Å². The van der Waals surface area contributed by atoms with Crippen molar-refractivity contribution < 1.29 is 0 Å². The van der Waals surface area contributed by atoms with E-state index in [9.17, 15) is 0 Å². The van der Waals surface area contributed by atoms with Crippen LogP contribution in [0.3, 0.4) is 0 Å². The monoisotopic (exact) mass is 210 g/mol. The molecule has 0 radical (unpaired) electrons. The predicted molar refractivity (Wildman–Crippen MR) is 61.7 cm³/mol. The number of thiazole rings is 1. The zero-order chi connectivity index (χ0) is 9.97. The molecule has 1 aromatic rings. The Balaban J connectivity index is 2.20. The average molecular weight is 210 g/mol. The van der Waals surface area contributed by atoms with Crippen molar-refractivity contribution in [3.05, 3.63) is 10.6 Å². The van der Waals surface area contributed by atoms with E-state index in [4.69, 9.17) is 5.73 Å². The van der Waals surface area contributed by atoms with Crippen LogP contribution in [0.2, 0.25) is 0 Å².